The maximum atomic E-state index is 12.3. The number of thiophene rings is 1. The normalized spacial score (nSPS) is 12.6. The third-order valence-electron chi connectivity index (χ3n) is 3.12. The first-order valence-corrected chi connectivity index (χ1v) is 10.6. The topological polar surface area (TPSA) is 116 Å². The van der Waals surface area contributed by atoms with Crippen LogP contribution in [-0.2, 0) is 19.6 Å². The Balaban J connectivity index is 1.99. The summed E-state index contributed by atoms with van der Waals surface area (Å²) in [6, 6.07) is 6.84. The number of primary sulfonamides is 1. The van der Waals surface area contributed by atoms with Gasteiger partial charge in [-0.3, -0.25) is 4.79 Å². The van der Waals surface area contributed by atoms with Crippen LogP contribution in [0.15, 0.2) is 45.5 Å². The molecule has 146 valence electrons. The van der Waals surface area contributed by atoms with Gasteiger partial charge in [0.25, 0.3) is 11.7 Å². The number of thioether (sulfide) groups is 1. The lowest BCUT2D eigenvalue weighted by molar-refractivity contribution is -0.123. The van der Waals surface area contributed by atoms with Crippen molar-refractivity contribution in [3.63, 3.8) is 0 Å². The molecule has 2 rings (SSSR count). The van der Waals surface area contributed by atoms with E-state index in [0.717, 1.165) is 11.3 Å². The molecule has 12 heteroatoms. The number of halogens is 2. The minimum absolute atomic E-state index is 0.231. The summed E-state index contributed by atoms with van der Waals surface area (Å²) in [5.74, 6) is -4.23. The maximum absolute atomic E-state index is 12.3. The number of alkyl halides is 2. The zero-order chi connectivity index (χ0) is 20.2. The fourth-order valence-corrected chi connectivity index (χ4v) is 4.25. The Morgan fingerprint density at radius 3 is 2.41 bits per heavy atom. The summed E-state index contributed by atoms with van der Waals surface area (Å²) in [5.41, 5.74) is 0.322. The van der Waals surface area contributed by atoms with Gasteiger partial charge in [-0.05, 0) is 42.6 Å². The molecule has 7 nitrogen and oxygen atoms in total. The molecule has 0 radical (unpaired) electrons. The van der Waals surface area contributed by atoms with E-state index in [9.17, 15) is 26.8 Å². The summed E-state index contributed by atoms with van der Waals surface area (Å²) in [5, 5.41) is 8.84. The lowest BCUT2D eigenvalue weighted by atomic mass is 10.3. The monoisotopic (exact) mass is 436 g/mol. The van der Waals surface area contributed by atoms with Crippen molar-refractivity contribution in [2.24, 2.45) is 5.14 Å². The van der Waals surface area contributed by atoms with Gasteiger partial charge in [0, 0.05) is 10.6 Å². The first-order chi connectivity index (χ1) is 12.6. The Morgan fingerprint density at radius 2 is 1.85 bits per heavy atom. The number of sulfonamides is 1. The Bertz CT molecular complexity index is 929. The Labute approximate surface area is 161 Å². The van der Waals surface area contributed by atoms with E-state index in [1.807, 2.05) is 0 Å². The smallest absolute Gasteiger partial charge is 0.350 e. The molecule has 27 heavy (non-hydrogen) atoms. The van der Waals surface area contributed by atoms with Crippen molar-refractivity contribution >= 4 is 50.7 Å². The van der Waals surface area contributed by atoms with Crippen LogP contribution in [0.25, 0.3) is 0 Å². The molecule has 0 fully saturated rings. The highest BCUT2D eigenvalue weighted by Gasteiger charge is 2.25. The zero-order valence-electron chi connectivity index (χ0n) is 13.7. The van der Waals surface area contributed by atoms with Crippen molar-refractivity contribution in [3.8, 4) is 0 Å². The average molecular weight is 436 g/mol. The Morgan fingerprint density at radius 1 is 1.22 bits per heavy atom. The molecule has 3 N–H and O–H groups in total. The zero-order valence-corrected chi connectivity index (χ0v) is 16.2. The minimum atomic E-state index is -4.10. The molecule has 0 aliphatic carbocycles. The van der Waals surface area contributed by atoms with Gasteiger partial charge in [-0.2, -0.15) is 8.78 Å². The Kier molecular flexibility index (Phi) is 6.92. The maximum Gasteiger partial charge on any atom is 0.350 e. The first kappa shape index (κ1) is 21.3. The highest BCUT2D eigenvalue weighted by atomic mass is 32.2. The molecular formula is C15H14F2N2O5S3. The number of amides is 1. The summed E-state index contributed by atoms with van der Waals surface area (Å²) in [7, 11) is -4.10. The van der Waals surface area contributed by atoms with E-state index in [2.05, 4.69) is 5.32 Å². The number of nitrogens with two attached hydrogens (primary N) is 1. The minimum Gasteiger partial charge on any atom is -0.448 e. The summed E-state index contributed by atoms with van der Waals surface area (Å²) >= 11 is 1.19. The second-order valence-electron chi connectivity index (χ2n) is 5.10. The summed E-state index contributed by atoms with van der Waals surface area (Å²) in [6.07, 6.45) is -1.23. The molecule has 2 aromatic rings. The predicted molar refractivity (Wildman–Crippen MR) is 97.5 cm³/mol. The van der Waals surface area contributed by atoms with Crippen LogP contribution in [0.2, 0.25) is 0 Å². The fraction of sp³-hybridized carbons (Fsp3) is 0.200. The van der Waals surface area contributed by atoms with Gasteiger partial charge in [0.2, 0.25) is 10.0 Å². The van der Waals surface area contributed by atoms with Crippen molar-refractivity contribution in [2.45, 2.75) is 28.6 Å². The van der Waals surface area contributed by atoms with Crippen LogP contribution in [0.3, 0.4) is 0 Å². The molecule has 0 saturated heterocycles. The van der Waals surface area contributed by atoms with Crippen molar-refractivity contribution in [1.29, 1.82) is 0 Å². The fourth-order valence-electron chi connectivity index (χ4n) is 1.90. The van der Waals surface area contributed by atoms with Crippen molar-refractivity contribution in [1.82, 2.24) is 0 Å². The van der Waals surface area contributed by atoms with Gasteiger partial charge in [0.1, 0.15) is 9.77 Å². The third kappa shape index (κ3) is 5.99. The first-order valence-electron chi connectivity index (χ1n) is 7.25. The standard InChI is InChI=1S/C15H14F2N2O5S3/c1-8(24-14(21)12-11(6-7-25-12)27(18,22)23)13(20)19-9-2-4-10(5-3-9)26-15(16)17/h2-8,15H,1H3,(H,19,20)(H2,18,22,23). The molecule has 0 aliphatic rings. The number of carbonyl (C=O) groups is 2. The number of ether oxygens (including phenoxy) is 1. The predicted octanol–water partition coefficient (Wildman–Crippen LogP) is 2.89. The van der Waals surface area contributed by atoms with Crippen LogP contribution in [0.4, 0.5) is 14.5 Å². The SMILES string of the molecule is CC(OC(=O)c1sccc1S(N)(=O)=O)C(=O)Nc1ccc(SC(F)F)cc1. The van der Waals surface area contributed by atoms with Crippen molar-refractivity contribution in [2.75, 3.05) is 5.32 Å². The van der Waals surface area contributed by atoms with E-state index in [0.29, 0.717) is 22.3 Å². The van der Waals surface area contributed by atoms with E-state index in [4.69, 9.17) is 9.88 Å². The number of hydrogen-bond acceptors (Lipinski definition) is 7. The van der Waals surface area contributed by atoms with E-state index >= 15 is 0 Å². The van der Waals surface area contributed by atoms with Crippen LogP contribution in [0.1, 0.15) is 16.6 Å². The average Bonchev–Trinajstić information content (AvgIpc) is 3.06. The quantitative estimate of drug-likeness (QED) is 0.509. The van der Waals surface area contributed by atoms with Crippen LogP contribution in [0.5, 0.6) is 0 Å². The number of benzene rings is 1. The molecule has 1 amide bonds. The molecule has 1 heterocycles. The summed E-state index contributed by atoms with van der Waals surface area (Å²) in [6.45, 7) is 1.30. The largest absolute Gasteiger partial charge is 0.448 e. The van der Waals surface area contributed by atoms with Crippen LogP contribution < -0.4 is 10.5 Å². The van der Waals surface area contributed by atoms with Crippen LogP contribution in [0, 0.1) is 0 Å². The van der Waals surface area contributed by atoms with Crippen LogP contribution in [-0.4, -0.2) is 32.2 Å². The number of nitrogens with one attached hydrogen (secondary N) is 1. The third-order valence-corrected chi connectivity index (χ3v) is 5.82. The van der Waals surface area contributed by atoms with Gasteiger partial charge >= 0.3 is 5.97 Å². The lowest BCUT2D eigenvalue weighted by Crippen LogP contribution is -2.30. The van der Waals surface area contributed by atoms with E-state index in [-0.39, 0.29) is 9.77 Å². The highest BCUT2D eigenvalue weighted by Crippen LogP contribution is 2.26. The van der Waals surface area contributed by atoms with E-state index in [1.165, 1.54) is 42.6 Å². The summed E-state index contributed by atoms with van der Waals surface area (Å²) in [4.78, 5) is 23.9. The van der Waals surface area contributed by atoms with Gasteiger partial charge in [-0.25, -0.2) is 18.4 Å². The Hall–Kier alpha value is -2.02. The molecule has 1 unspecified atom stereocenters. The van der Waals surface area contributed by atoms with Crippen LogP contribution >= 0.6 is 23.1 Å². The molecule has 0 saturated carbocycles. The van der Waals surface area contributed by atoms with Crippen molar-refractivity contribution < 1.29 is 31.5 Å². The number of esters is 1. The van der Waals surface area contributed by atoms with Gasteiger partial charge in [0.05, 0.1) is 0 Å². The van der Waals surface area contributed by atoms with Gasteiger partial charge in [0.15, 0.2) is 6.10 Å². The molecule has 0 aliphatic heterocycles. The van der Waals surface area contributed by atoms with Gasteiger partial charge < -0.3 is 10.1 Å². The molecule has 0 spiro atoms. The van der Waals surface area contributed by atoms with Crippen molar-refractivity contribution in [3.05, 3.63) is 40.6 Å². The lowest BCUT2D eigenvalue weighted by Gasteiger charge is -2.13. The second kappa shape index (κ2) is 8.78. The molecule has 1 aromatic heterocycles. The highest BCUT2D eigenvalue weighted by molar-refractivity contribution is 7.99. The number of rotatable bonds is 7. The molecular weight excluding hydrogens is 422 g/mol. The number of hydrogen-bond donors (Lipinski definition) is 2. The molecule has 1 atom stereocenters. The number of carbonyl (C=O) groups excluding carboxylic acids is 2. The second-order valence-corrected chi connectivity index (χ2v) is 8.61. The van der Waals surface area contributed by atoms with Gasteiger partial charge in [-0.1, -0.05) is 11.8 Å². The van der Waals surface area contributed by atoms with E-state index in [1.54, 1.807) is 0 Å². The molecule has 0 bridgehead atoms. The molecule has 1 aromatic carbocycles. The van der Waals surface area contributed by atoms with Gasteiger partial charge in [-0.15, -0.1) is 11.3 Å². The summed E-state index contributed by atoms with van der Waals surface area (Å²) < 4.78 is 52.4. The van der Waals surface area contributed by atoms with E-state index < -0.39 is 33.8 Å². The number of anilines is 1.